The highest BCUT2D eigenvalue weighted by Crippen LogP contribution is 2.78. The number of thiazole rings is 1. The summed E-state index contributed by atoms with van der Waals surface area (Å²) >= 11 is 1.64. The number of nitrogens with zero attached hydrogens (tertiary/aromatic N) is 1. The summed E-state index contributed by atoms with van der Waals surface area (Å²) in [6.45, 7) is 9.31. The van der Waals surface area contributed by atoms with E-state index < -0.39 is 5.91 Å². The highest BCUT2D eigenvalue weighted by molar-refractivity contribution is 7.17. The molecule has 7 unspecified atom stereocenters. The lowest BCUT2D eigenvalue weighted by molar-refractivity contribution is -0.106. The van der Waals surface area contributed by atoms with E-state index in [0.29, 0.717) is 30.5 Å². The third-order valence-corrected chi connectivity index (χ3v) is 11.2. The molecule has 1 saturated carbocycles. The van der Waals surface area contributed by atoms with Crippen molar-refractivity contribution in [2.45, 2.75) is 64.7 Å². The number of hydrogen-bond donors (Lipinski definition) is 2. The predicted octanol–water partition coefficient (Wildman–Crippen LogP) is 11.4. The number of amides is 1. The molecule has 3 aliphatic carbocycles. The second-order valence-corrected chi connectivity index (χ2v) is 15.4. The number of aromatic nitrogens is 1. The monoisotopic (exact) mass is 699 g/mol. The van der Waals surface area contributed by atoms with E-state index in [4.69, 9.17) is 4.98 Å². The Morgan fingerprint density at radius 2 is 1.80 bits per heavy atom. The van der Waals surface area contributed by atoms with Gasteiger partial charge < -0.3 is 10.6 Å². The Morgan fingerprint density at radius 3 is 2.55 bits per heavy atom. The van der Waals surface area contributed by atoms with Crippen molar-refractivity contribution in [1.82, 2.24) is 4.98 Å². The lowest BCUT2D eigenvalue weighted by Gasteiger charge is -2.64. The molecule has 1 amide bonds. The zero-order valence-electron chi connectivity index (χ0n) is 29.0. The van der Waals surface area contributed by atoms with E-state index in [9.17, 15) is 13.6 Å². The Bertz CT molecular complexity index is 1800. The first-order valence-corrected chi connectivity index (χ1v) is 18.5. The van der Waals surface area contributed by atoms with Gasteiger partial charge in [0, 0.05) is 28.7 Å². The first-order valence-electron chi connectivity index (χ1n) is 17.0. The number of carbonyl (C=O) groups excluding carboxylic acids is 1. The predicted molar refractivity (Wildman–Crippen MR) is 206 cm³/mol. The van der Waals surface area contributed by atoms with Crippen molar-refractivity contribution in [2.75, 3.05) is 24.4 Å². The molecule has 49 heavy (non-hydrogen) atoms. The van der Waals surface area contributed by atoms with E-state index in [-0.39, 0.29) is 16.7 Å². The second kappa shape index (κ2) is 15.9. The maximum Gasteiger partial charge on any atom is 0.255 e. The van der Waals surface area contributed by atoms with E-state index in [1.807, 2.05) is 64.7 Å². The Hall–Kier alpha value is -3.67. The maximum atomic E-state index is 13.0. The summed E-state index contributed by atoms with van der Waals surface area (Å²) in [4.78, 5) is 18.0. The Morgan fingerprint density at radius 1 is 1.06 bits per heavy atom. The minimum Gasteiger partial charge on any atom is -0.361 e. The number of halogens is 2. The summed E-state index contributed by atoms with van der Waals surface area (Å²) in [6.07, 6.45) is 12.8. The molecule has 0 saturated heterocycles. The van der Waals surface area contributed by atoms with Crippen molar-refractivity contribution in [3.05, 3.63) is 125 Å². The number of carbonyl (C=O) groups is 1. The number of fused-ring (bicyclic) bond motifs is 3. The molecule has 7 atom stereocenters. The number of aryl methyl sites for hydroxylation is 1. The zero-order valence-corrected chi connectivity index (χ0v) is 31.0. The standard InChI is InChI=1S/C38H39N3OS.C2H6FP.CH3F/c1-25-12-10-16-29(20-25)40-35(42)28-15-11-14-27(21-28)33-23-43-36(41-33)39-24-37(3)22-32-30-17-7-8-18-31(30)34-26(2)13-6-4-5-9-19-38(32,34)37;1-2(3)4;1-2/h4-8,10-18,20-21,23,26,32,34H,9,19,22,24H2,1-3H3,(H,39,41)(H,40,42);2H,4H2,1H3;1H3/b5-4-,13-6-;;. The van der Waals surface area contributed by atoms with Gasteiger partial charge in [-0.1, -0.05) is 86.7 Å². The van der Waals surface area contributed by atoms with Crippen molar-refractivity contribution in [3.63, 3.8) is 0 Å². The minimum atomic E-state index is -0.750. The minimum absolute atomic E-state index is 0.117. The summed E-state index contributed by atoms with van der Waals surface area (Å²) in [5, 5.41) is 9.83. The van der Waals surface area contributed by atoms with Gasteiger partial charge in [0.15, 0.2) is 5.13 Å². The fraction of sp³-hybridized carbons (Fsp3) is 0.366. The highest BCUT2D eigenvalue weighted by Gasteiger charge is 2.69. The second-order valence-electron chi connectivity index (χ2n) is 13.6. The van der Waals surface area contributed by atoms with Crippen LogP contribution in [0.4, 0.5) is 19.6 Å². The van der Waals surface area contributed by atoms with E-state index in [1.165, 1.54) is 19.8 Å². The summed E-state index contributed by atoms with van der Waals surface area (Å²) in [6, 6.07) is 24.8. The number of alkyl halides is 2. The van der Waals surface area contributed by atoms with E-state index in [1.54, 1.807) is 22.5 Å². The van der Waals surface area contributed by atoms with Gasteiger partial charge in [0.1, 0.15) is 5.91 Å². The Labute approximate surface area is 296 Å². The van der Waals surface area contributed by atoms with Crippen LogP contribution in [0.2, 0.25) is 0 Å². The normalized spacial score (nSPS) is 26.5. The average Bonchev–Trinajstić information content (AvgIpc) is 3.67. The van der Waals surface area contributed by atoms with Crippen LogP contribution < -0.4 is 10.6 Å². The fourth-order valence-corrected chi connectivity index (χ4v) is 9.17. The number of allylic oxidation sites excluding steroid dienone is 4. The molecule has 4 nitrogen and oxygen atoms in total. The number of nitrogens with one attached hydrogen (secondary N) is 2. The molecule has 3 aromatic carbocycles. The third kappa shape index (κ3) is 7.59. The summed E-state index contributed by atoms with van der Waals surface area (Å²) in [5.74, 6) is 0.749. The van der Waals surface area contributed by atoms with Crippen molar-refractivity contribution in [1.29, 1.82) is 0 Å². The molecule has 7 rings (SSSR count). The SMILES string of the molecule is CC(F)P.CF.Cc1cccc(NC(=O)c2cccc(-c3csc(NCC4(C)CC5c6ccccc6C6C(C)/C=C\C=C/CCC564)n3)c2)c1. The zero-order chi connectivity index (χ0) is 35.2. The largest absolute Gasteiger partial charge is 0.361 e. The molecule has 4 aromatic rings. The van der Waals surface area contributed by atoms with Crippen LogP contribution in [0.5, 0.6) is 0 Å². The molecule has 1 spiro atoms. The number of hydrogen-bond acceptors (Lipinski definition) is 4. The summed E-state index contributed by atoms with van der Waals surface area (Å²) in [5.41, 5.74) is 7.91. The molecule has 258 valence electrons. The number of rotatable bonds is 6. The molecule has 8 heteroatoms. The van der Waals surface area contributed by atoms with Gasteiger partial charge in [-0.2, -0.15) is 0 Å². The van der Waals surface area contributed by atoms with Gasteiger partial charge in [0.2, 0.25) is 0 Å². The van der Waals surface area contributed by atoms with Crippen LogP contribution >= 0.6 is 20.6 Å². The van der Waals surface area contributed by atoms with Crippen molar-refractivity contribution >= 4 is 37.3 Å². The lowest BCUT2D eigenvalue weighted by atomic mass is 9.40. The van der Waals surface area contributed by atoms with Crippen LogP contribution in [-0.4, -0.2) is 30.5 Å². The van der Waals surface area contributed by atoms with E-state index >= 15 is 0 Å². The van der Waals surface area contributed by atoms with E-state index in [2.05, 4.69) is 78.4 Å². The molecule has 1 fully saturated rings. The van der Waals surface area contributed by atoms with Crippen molar-refractivity contribution in [3.8, 4) is 11.3 Å². The summed E-state index contributed by atoms with van der Waals surface area (Å²) < 4.78 is 20.5. The van der Waals surface area contributed by atoms with Gasteiger partial charge in [-0.25, -0.2) is 9.37 Å². The van der Waals surface area contributed by atoms with Crippen molar-refractivity contribution in [2.24, 2.45) is 16.7 Å². The molecule has 0 radical (unpaired) electrons. The van der Waals surface area contributed by atoms with Gasteiger partial charge >= 0.3 is 0 Å². The van der Waals surface area contributed by atoms with Crippen LogP contribution in [0, 0.1) is 23.7 Å². The van der Waals surface area contributed by atoms with Crippen molar-refractivity contribution < 1.29 is 13.6 Å². The molecule has 1 heterocycles. The molecular formula is C41H48F2N3OPS. The van der Waals surface area contributed by atoms with Gasteiger partial charge in [-0.3, -0.25) is 9.18 Å². The third-order valence-electron chi connectivity index (χ3n) is 10.4. The van der Waals surface area contributed by atoms with Gasteiger partial charge in [-0.15, -0.1) is 20.6 Å². The van der Waals surface area contributed by atoms with Crippen LogP contribution in [0.15, 0.2) is 102 Å². The van der Waals surface area contributed by atoms with Crippen LogP contribution in [0.3, 0.4) is 0 Å². The number of benzene rings is 3. The van der Waals surface area contributed by atoms with Crippen LogP contribution in [-0.2, 0) is 0 Å². The van der Waals surface area contributed by atoms with Gasteiger partial charge in [0.25, 0.3) is 5.91 Å². The first kappa shape index (κ1) is 36.6. The lowest BCUT2D eigenvalue weighted by Crippen LogP contribution is -2.59. The van der Waals surface area contributed by atoms with Crippen LogP contribution in [0.25, 0.3) is 11.3 Å². The van der Waals surface area contributed by atoms with E-state index in [0.717, 1.165) is 40.6 Å². The molecule has 0 bridgehead atoms. The molecule has 1 aromatic heterocycles. The molecule has 2 N–H and O–H groups in total. The van der Waals surface area contributed by atoms with Gasteiger partial charge in [0.05, 0.1) is 12.9 Å². The summed E-state index contributed by atoms with van der Waals surface area (Å²) in [7, 11) is 2.49. The fourth-order valence-electron chi connectivity index (χ4n) is 8.45. The first-order chi connectivity index (χ1) is 23.6. The smallest absolute Gasteiger partial charge is 0.255 e. The Kier molecular flexibility index (Phi) is 11.9. The molecular weight excluding hydrogens is 652 g/mol. The maximum absolute atomic E-state index is 13.0. The topological polar surface area (TPSA) is 54.0 Å². The van der Waals surface area contributed by atoms with Gasteiger partial charge in [-0.05, 0) is 103 Å². The van der Waals surface area contributed by atoms with Crippen LogP contribution in [0.1, 0.15) is 78.9 Å². The number of anilines is 2. The quantitative estimate of drug-likeness (QED) is 0.197. The average molecular weight is 700 g/mol. The molecule has 3 aliphatic rings. The highest BCUT2D eigenvalue weighted by atomic mass is 32.1. The Balaban J connectivity index is 0.000000729. The molecule has 0 aliphatic heterocycles.